The monoisotopic (exact) mass is 440 g/mol. The molecule has 0 fully saturated rings. The lowest BCUT2D eigenvalue weighted by Crippen LogP contribution is -2.53. The molecule has 1 heterocycles. The summed E-state index contributed by atoms with van der Waals surface area (Å²) in [5.74, 6) is -2.39. The van der Waals surface area contributed by atoms with Gasteiger partial charge in [-0.05, 0) is 24.1 Å². The molecule has 0 saturated heterocycles. The molecule has 1 aromatic rings. The maximum atomic E-state index is 13.0. The van der Waals surface area contributed by atoms with Gasteiger partial charge < -0.3 is 20.1 Å². The van der Waals surface area contributed by atoms with Crippen molar-refractivity contribution in [3.8, 4) is 12.1 Å². The number of nitrogens with two attached hydrogens (primary N) is 1. The molecule has 3 atom stereocenters. The number of hydrogen-bond acceptors (Lipinski definition) is 7. The number of nitriles is 2. The van der Waals surface area contributed by atoms with E-state index < -0.39 is 29.3 Å². The number of methoxy groups -OCH3 is 1. The Kier molecular flexibility index (Phi) is 6.24. The van der Waals surface area contributed by atoms with Gasteiger partial charge in [0.25, 0.3) is 0 Å². The SMILES string of the molecule is CCOC(=O)N1CC=C2C(C#N)=C(N)C(C#N)(C(=O)OC)C(c3ccccc3Cl)C2C1. The molecule has 31 heavy (non-hydrogen) atoms. The van der Waals surface area contributed by atoms with Gasteiger partial charge in [0.05, 0.1) is 31.1 Å². The van der Waals surface area contributed by atoms with Crippen LogP contribution in [0, 0.1) is 34.0 Å². The zero-order valence-corrected chi connectivity index (χ0v) is 17.8. The number of benzene rings is 1. The van der Waals surface area contributed by atoms with E-state index in [-0.39, 0.29) is 31.0 Å². The minimum Gasteiger partial charge on any atom is -0.468 e. The van der Waals surface area contributed by atoms with Crippen molar-refractivity contribution in [3.63, 3.8) is 0 Å². The van der Waals surface area contributed by atoms with Gasteiger partial charge in [0, 0.05) is 29.9 Å². The lowest BCUT2D eigenvalue weighted by Gasteiger charge is -2.46. The molecule has 0 spiro atoms. The van der Waals surface area contributed by atoms with Crippen LogP contribution in [0.4, 0.5) is 4.79 Å². The molecule has 0 bridgehead atoms. The first kappa shape index (κ1) is 22.2. The number of ether oxygens (including phenoxy) is 2. The second-order valence-electron chi connectivity index (χ2n) is 7.18. The highest BCUT2D eigenvalue weighted by molar-refractivity contribution is 6.31. The zero-order valence-electron chi connectivity index (χ0n) is 17.1. The number of carbonyl (C=O) groups is 2. The molecular formula is C22H21ClN4O4. The van der Waals surface area contributed by atoms with Crippen LogP contribution < -0.4 is 5.73 Å². The second-order valence-corrected chi connectivity index (χ2v) is 7.59. The average Bonchev–Trinajstić information content (AvgIpc) is 2.78. The van der Waals surface area contributed by atoms with Gasteiger partial charge in [-0.3, -0.25) is 0 Å². The number of esters is 1. The summed E-state index contributed by atoms with van der Waals surface area (Å²) in [6, 6.07) is 10.9. The van der Waals surface area contributed by atoms with Crippen LogP contribution in [-0.2, 0) is 14.3 Å². The van der Waals surface area contributed by atoms with E-state index in [2.05, 4.69) is 0 Å². The van der Waals surface area contributed by atoms with Crippen molar-refractivity contribution in [2.45, 2.75) is 12.8 Å². The Hall–Kier alpha value is -3.49. The molecule has 0 aromatic heterocycles. The highest BCUT2D eigenvalue weighted by Gasteiger charge is 2.59. The molecule has 2 aliphatic rings. The van der Waals surface area contributed by atoms with E-state index >= 15 is 0 Å². The van der Waals surface area contributed by atoms with Crippen LogP contribution in [0.15, 0.2) is 47.2 Å². The minimum absolute atomic E-state index is 0.0452. The maximum absolute atomic E-state index is 13.0. The summed E-state index contributed by atoms with van der Waals surface area (Å²) in [5, 5.41) is 20.4. The summed E-state index contributed by atoms with van der Waals surface area (Å²) in [6.07, 6.45) is 1.18. The number of hydrogen-bond donors (Lipinski definition) is 1. The smallest absolute Gasteiger partial charge is 0.410 e. The predicted octanol–water partition coefficient (Wildman–Crippen LogP) is 2.87. The molecule has 8 nitrogen and oxygen atoms in total. The third kappa shape index (κ3) is 3.39. The normalized spacial score (nSPS) is 24.9. The van der Waals surface area contributed by atoms with Crippen LogP contribution in [0.3, 0.4) is 0 Å². The van der Waals surface area contributed by atoms with E-state index in [1.165, 1.54) is 4.90 Å². The second kappa shape index (κ2) is 8.71. The van der Waals surface area contributed by atoms with E-state index in [9.17, 15) is 20.1 Å². The maximum Gasteiger partial charge on any atom is 0.410 e. The van der Waals surface area contributed by atoms with Gasteiger partial charge in [0.15, 0.2) is 0 Å². The average molecular weight is 441 g/mol. The summed E-state index contributed by atoms with van der Waals surface area (Å²) in [7, 11) is 1.15. The fraction of sp³-hybridized carbons (Fsp3) is 0.364. The van der Waals surface area contributed by atoms with Crippen molar-refractivity contribution < 1.29 is 19.1 Å². The van der Waals surface area contributed by atoms with Gasteiger partial charge in [-0.1, -0.05) is 35.9 Å². The fourth-order valence-electron chi connectivity index (χ4n) is 4.40. The summed E-state index contributed by atoms with van der Waals surface area (Å²) >= 11 is 6.48. The molecule has 0 saturated carbocycles. The summed E-state index contributed by atoms with van der Waals surface area (Å²) in [5.41, 5.74) is 5.27. The number of fused-ring (bicyclic) bond motifs is 1. The molecule has 1 aromatic carbocycles. The number of halogens is 1. The van der Waals surface area contributed by atoms with Gasteiger partial charge in [-0.2, -0.15) is 10.5 Å². The van der Waals surface area contributed by atoms with Crippen molar-refractivity contribution in [2.24, 2.45) is 17.1 Å². The molecular weight excluding hydrogens is 420 g/mol. The molecule has 1 aliphatic carbocycles. The van der Waals surface area contributed by atoms with Gasteiger partial charge in [-0.15, -0.1) is 0 Å². The van der Waals surface area contributed by atoms with Crippen LogP contribution in [0.2, 0.25) is 5.02 Å². The Morgan fingerprint density at radius 1 is 1.35 bits per heavy atom. The van der Waals surface area contributed by atoms with Crippen LogP contribution in [0.5, 0.6) is 0 Å². The Bertz CT molecular complexity index is 1070. The predicted molar refractivity (Wildman–Crippen MR) is 111 cm³/mol. The van der Waals surface area contributed by atoms with Gasteiger partial charge >= 0.3 is 12.1 Å². The lowest BCUT2D eigenvalue weighted by atomic mass is 9.57. The molecule has 1 aliphatic heterocycles. The van der Waals surface area contributed by atoms with Gasteiger partial charge in [0.1, 0.15) is 6.07 Å². The molecule has 9 heteroatoms. The zero-order chi connectivity index (χ0) is 22.8. The van der Waals surface area contributed by atoms with Crippen LogP contribution >= 0.6 is 11.6 Å². The molecule has 2 N–H and O–H groups in total. The number of amides is 1. The van der Waals surface area contributed by atoms with Crippen LogP contribution in [0.25, 0.3) is 0 Å². The third-order valence-electron chi connectivity index (χ3n) is 5.76. The highest BCUT2D eigenvalue weighted by atomic mass is 35.5. The van der Waals surface area contributed by atoms with Gasteiger partial charge in [0.2, 0.25) is 5.41 Å². The minimum atomic E-state index is -2.00. The Morgan fingerprint density at radius 2 is 2.06 bits per heavy atom. The van der Waals surface area contributed by atoms with E-state index in [1.54, 1.807) is 37.3 Å². The molecule has 0 radical (unpaired) electrons. The summed E-state index contributed by atoms with van der Waals surface area (Å²) in [4.78, 5) is 26.9. The van der Waals surface area contributed by atoms with Crippen LogP contribution in [0.1, 0.15) is 18.4 Å². The van der Waals surface area contributed by atoms with E-state index in [1.807, 2.05) is 12.1 Å². The van der Waals surface area contributed by atoms with Crippen LogP contribution in [-0.4, -0.2) is 43.8 Å². The quantitative estimate of drug-likeness (QED) is 0.715. The van der Waals surface area contributed by atoms with E-state index in [0.29, 0.717) is 16.2 Å². The molecule has 1 amide bonds. The van der Waals surface area contributed by atoms with E-state index in [0.717, 1.165) is 7.11 Å². The largest absolute Gasteiger partial charge is 0.468 e. The molecule has 3 rings (SSSR count). The Balaban J connectivity index is 2.32. The molecule has 160 valence electrons. The lowest BCUT2D eigenvalue weighted by molar-refractivity contribution is -0.149. The highest BCUT2D eigenvalue weighted by Crippen LogP contribution is 2.56. The number of carbonyl (C=O) groups excluding carboxylic acids is 2. The topological polar surface area (TPSA) is 129 Å². The molecule has 3 unspecified atom stereocenters. The fourth-order valence-corrected chi connectivity index (χ4v) is 4.66. The van der Waals surface area contributed by atoms with Crippen molar-refractivity contribution >= 4 is 23.7 Å². The third-order valence-corrected chi connectivity index (χ3v) is 6.11. The van der Waals surface area contributed by atoms with Gasteiger partial charge in [-0.25, -0.2) is 9.59 Å². The first-order chi connectivity index (χ1) is 14.9. The first-order valence-corrected chi connectivity index (χ1v) is 10.0. The number of allylic oxidation sites excluding steroid dienone is 1. The Morgan fingerprint density at radius 3 is 2.65 bits per heavy atom. The Labute approximate surface area is 185 Å². The summed E-state index contributed by atoms with van der Waals surface area (Å²) < 4.78 is 10.1. The number of nitrogens with zero attached hydrogens (tertiary/aromatic N) is 3. The van der Waals surface area contributed by atoms with Crippen molar-refractivity contribution in [2.75, 3.05) is 26.8 Å². The van der Waals surface area contributed by atoms with Crippen molar-refractivity contribution in [1.29, 1.82) is 10.5 Å². The number of rotatable bonds is 3. The van der Waals surface area contributed by atoms with Crippen molar-refractivity contribution in [1.82, 2.24) is 4.90 Å². The standard InChI is InChI=1S/C22H21ClN4O4/c1-3-31-21(29)27-9-8-13-15(10-24)19(26)22(12-25,20(28)30-2)18(16(13)11-27)14-6-4-5-7-17(14)23/h4-8,16,18H,3,9,11,26H2,1-2H3. The summed E-state index contributed by atoms with van der Waals surface area (Å²) in [6.45, 7) is 2.21. The van der Waals surface area contributed by atoms with E-state index in [4.69, 9.17) is 26.8 Å². The van der Waals surface area contributed by atoms with Crippen molar-refractivity contribution in [3.05, 3.63) is 57.8 Å². The first-order valence-electron chi connectivity index (χ1n) is 9.63.